The fourth-order valence-corrected chi connectivity index (χ4v) is 4.77. The van der Waals surface area contributed by atoms with Gasteiger partial charge < -0.3 is 19.7 Å². The molecule has 0 aromatic heterocycles. The van der Waals surface area contributed by atoms with Crippen molar-refractivity contribution in [2.45, 2.75) is 38.1 Å². The van der Waals surface area contributed by atoms with Gasteiger partial charge in [0.25, 0.3) is 0 Å². The Morgan fingerprint density at radius 3 is 2.68 bits per heavy atom. The molecule has 2 aliphatic carbocycles. The van der Waals surface area contributed by atoms with Crippen LogP contribution in [-0.4, -0.2) is 52.4 Å². The van der Waals surface area contributed by atoms with Gasteiger partial charge in [-0.15, -0.1) is 0 Å². The molecule has 7 heteroatoms. The van der Waals surface area contributed by atoms with E-state index in [9.17, 15) is 24.6 Å². The highest BCUT2D eigenvalue weighted by Gasteiger charge is 2.78. The molecule has 22 heavy (non-hydrogen) atoms. The summed E-state index contributed by atoms with van der Waals surface area (Å²) in [6, 6.07) is 0. The fourth-order valence-electron chi connectivity index (χ4n) is 4.77. The molecule has 1 spiro atoms. The molecule has 2 aliphatic heterocycles. The predicted molar refractivity (Wildman–Crippen MR) is 69.2 cm³/mol. The molecule has 0 aromatic rings. The summed E-state index contributed by atoms with van der Waals surface area (Å²) < 4.78 is 10.2. The molecule has 1 saturated carbocycles. The Hall–Kier alpha value is -1.73. The van der Waals surface area contributed by atoms with E-state index >= 15 is 0 Å². The van der Waals surface area contributed by atoms with Crippen LogP contribution in [0.5, 0.6) is 0 Å². The minimum atomic E-state index is -2.03. The van der Waals surface area contributed by atoms with E-state index in [-0.39, 0.29) is 18.8 Å². The van der Waals surface area contributed by atoms with Crippen molar-refractivity contribution in [1.82, 2.24) is 0 Å². The lowest BCUT2D eigenvalue weighted by Gasteiger charge is -2.57. The van der Waals surface area contributed by atoms with Gasteiger partial charge in [0.2, 0.25) is 5.60 Å². The van der Waals surface area contributed by atoms with Crippen LogP contribution < -0.4 is 0 Å². The topological polar surface area (TPSA) is 110 Å². The average Bonchev–Trinajstić information content (AvgIpc) is 2.87. The first kappa shape index (κ1) is 13.9. The molecule has 0 unspecified atom stereocenters. The Morgan fingerprint density at radius 1 is 1.32 bits per heavy atom. The van der Waals surface area contributed by atoms with Gasteiger partial charge in [-0.3, -0.25) is 4.79 Å². The number of hydrogen-bond donors (Lipinski definition) is 2. The summed E-state index contributed by atoms with van der Waals surface area (Å²) in [5.41, 5.74) is -3.94. The van der Waals surface area contributed by atoms with E-state index < -0.39 is 46.5 Å². The van der Waals surface area contributed by atoms with Crippen molar-refractivity contribution in [2.24, 2.45) is 16.7 Å². The number of rotatable bonds is 0. The molecule has 2 bridgehead atoms. The van der Waals surface area contributed by atoms with Crippen LogP contribution in [0.1, 0.15) is 20.3 Å². The number of carbonyl (C=O) groups is 3. The minimum Gasteiger partial charge on any atom is -0.462 e. The highest BCUT2D eigenvalue weighted by atomic mass is 16.6. The van der Waals surface area contributed by atoms with E-state index in [2.05, 4.69) is 0 Å². The number of ether oxygens (including phenoxy) is 2. The summed E-state index contributed by atoms with van der Waals surface area (Å²) in [6.45, 7) is 3.15. The zero-order chi connectivity index (χ0) is 16.1. The lowest BCUT2D eigenvalue weighted by atomic mass is 9.49. The maximum Gasteiger partial charge on any atom is 0.343 e. The van der Waals surface area contributed by atoms with E-state index in [0.717, 1.165) is 0 Å². The highest BCUT2D eigenvalue weighted by Crippen LogP contribution is 2.66. The monoisotopic (exact) mass is 308 g/mol. The van der Waals surface area contributed by atoms with Crippen molar-refractivity contribution < 1.29 is 34.1 Å². The third-order valence-corrected chi connectivity index (χ3v) is 6.19. The quantitative estimate of drug-likeness (QED) is 0.558. The second kappa shape index (κ2) is 3.60. The zero-order valence-electron chi connectivity index (χ0n) is 12.2. The molecule has 6 atom stereocenters. The fraction of sp³-hybridized carbons (Fsp3) is 0.667. The van der Waals surface area contributed by atoms with E-state index in [1.165, 1.54) is 6.08 Å². The van der Waals surface area contributed by atoms with Crippen molar-refractivity contribution in [3.05, 3.63) is 11.6 Å². The second-order valence-electron chi connectivity index (χ2n) is 6.93. The minimum absolute atomic E-state index is 0.0276. The predicted octanol–water partition coefficient (Wildman–Crippen LogP) is -0.898. The van der Waals surface area contributed by atoms with E-state index in [4.69, 9.17) is 9.47 Å². The van der Waals surface area contributed by atoms with Crippen molar-refractivity contribution in [2.75, 3.05) is 6.61 Å². The molecule has 0 amide bonds. The second-order valence-corrected chi connectivity index (χ2v) is 6.93. The van der Waals surface area contributed by atoms with E-state index in [0.29, 0.717) is 5.57 Å². The van der Waals surface area contributed by atoms with Gasteiger partial charge in [0.1, 0.15) is 12.7 Å². The van der Waals surface area contributed by atoms with Gasteiger partial charge in [-0.1, -0.05) is 6.92 Å². The van der Waals surface area contributed by atoms with Crippen LogP contribution in [0.15, 0.2) is 11.6 Å². The Balaban J connectivity index is 2.02. The maximum absolute atomic E-state index is 12.3. The molecule has 2 heterocycles. The number of aliphatic hydroxyl groups excluding tert-OH is 1. The number of ketones is 1. The van der Waals surface area contributed by atoms with Crippen molar-refractivity contribution in [3.63, 3.8) is 0 Å². The van der Waals surface area contributed by atoms with Gasteiger partial charge in [0.15, 0.2) is 11.9 Å². The Kier molecular flexibility index (Phi) is 2.27. The lowest BCUT2D eigenvalue weighted by molar-refractivity contribution is -0.232. The van der Waals surface area contributed by atoms with Gasteiger partial charge >= 0.3 is 11.9 Å². The first-order valence-electron chi connectivity index (χ1n) is 7.24. The summed E-state index contributed by atoms with van der Waals surface area (Å²) in [7, 11) is 0. The Bertz CT molecular complexity index is 667. The first-order chi connectivity index (χ1) is 10.2. The Labute approximate surface area is 125 Å². The van der Waals surface area contributed by atoms with Crippen molar-refractivity contribution >= 4 is 17.7 Å². The maximum atomic E-state index is 12.3. The highest BCUT2D eigenvalue weighted by molar-refractivity contribution is 6.00. The largest absolute Gasteiger partial charge is 0.462 e. The summed E-state index contributed by atoms with van der Waals surface area (Å²) in [4.78, 5) is 36.5. The van der Waals surface area contributed by atoms with Crippen LogP contribution in [0.2, 0.25) is 0 Å². The van der Waals surface area contributed by atoms with Crippen LogP contribution >= 0.6 is 0 Å². The standard InChI is InChI=1S/C15H16O7/c1-6-7(16)3-8-13(2)5-21-12(19)15(13,20)9-4-14(6,8)10(17)11(18)22-9/h3,6,9-10,17,20H,4-5H2,1-2H3/t6-,9-,10-,13+,14-,15-/m1/s1. The molecular formula is C15H16O7. The SMILES string of the molecule is C[C@@H]1C(=O)C=C2[C@@]13C[C@@H](OC(=O)[C@H]3O)[C@@]1(O)C(=O)OC[C@@]21C. The summed E-state index contributed by atoms with van der Waals surface area (Å²) in [5.74, 6) is -2.62. The lowest BCUT2D eigenvalue weighted by Crippen LogP contribution is -2.71. The number of aliphatic hydroxyl groups is 2. The number of carbonyl (C=O) groups excluding carboxylic acids is 3. The summed E-state index contributed by atoms with van der Waals surface area (Å²) in [5, 5.41) is 21.4. The van der Waals surface area contributed by atoms with E-state index in [1.807, 2.05) is 0 Å². The number of esters is 2. The molecule has 2 saturated heterocycles. The summed E-state index contributed by atoms with van der Waals surface area (Å²) >= 11 is 0. The van der Waals surface area contributed by atoms with Crippen LogP contribution in [0.25, 0.3) is 0 Å². The van der Waals surface area contributed by atoms with Gasteiger partial charge in [-0.2, -0.15) is 0 Å². The van der Waals surface area contributed by atoms with Crippen LogP contribution in [0.4, 0.5) is 0 Å². The van der Waals surface area contributed by atoms with Gasteiger partial charge in [-0.05, 0) is 18.6 Å². The van der Waals surface area contributed by atoms with Gasteiger partial charge in [0, 0.05) is 17.8 Å². The molecule has 4 aliphatic rings. The molecule has 0 aromatic carbocycles. The van der Waals surface area contributed by atoms with Crippen LogP contribution in [0.3, 0.4) is 0 Å². The molecule has 4 rings (SSSR count). The van der Waals surface area contributed by atoms with Crippen molar-refractivity contribution in [1.29, 1.82) is 0 Å². The first-order valence-corrected chi connectivity index (χ1v) is 7.24. The summed E-state index contributed by atoms with van der Waals surface area (Å²) in [6.07, 6.45) is -1.24. The molecule has 0 radical (unpaired) electrons. The third kappa shape index (κ3) is 1.10. The third-order valence-electron chi connectivity index (χ3n) is 6.19. The number of cyclic esters (lactones) is 1. The van der Waals surface area contributed by atoms with Crippen LogP contribution in [-0.2, 0) is 23.9 Å². The number of allylic oxidation sites excluding steroid dienone is 1. The van der Waals surface area contributed by atoms with Gasteiger partial charge in [-0.25, -0.2) is 9.59 Å². The normalized spacial score (nSPS) is 52.6. The van der Waals surface area contributed by atoms with E-state index in [1.54, 1.807) is 13.8 Å². The Morgan fingerprint density at radius 2 is 2.00 bits per heavy atom. The molecule has 3 fully saturated rings. The molecule has 7 nitrogen and oxygen atoms in total. The van der Waals surface area contributed by atoms with Crippen molar-refractivity contribution in [3.8, 4) is 0 Å². The molecular weight excluding hydrogens is 292 g/mol. The number of fused-ring (bicyclic) bond motifs is 4. The van der Waals surface area contributed by atoms with Gasteiger partial charge in [0.05, 0.1) is 5.41 Å². The average molecular weight is 308 g/mol. The number of hydrogen-bond acceptors (Lipinski definition) is 7. The van der Waals surface area contributed by atoms with Crippen LogP contribution in [0, 0.1) is 16.7 Å². The zero-order valence-corrected chi connectivity index (χ0v) is 12.2. The molecule has 2 N–H and O–H groups in total. The smallest absolute Gasteiger partial charge is 0.343 e. The molecule has 118 valence electrons.